The minimum Gasteiger partial charge on any atom is -0.507 e. The quantitative estimate of drug-likeness (QED) is 0.286. The maximum Gasteiger partial charge on any atom is 0.196 e. The highest BCUT2D eigenvalue weighted by atomic mass is 16.3. The van der Waals surface area contributed by atoms with Crippen LogP contribution in [0.1, 0.15) is 15.9 Å². The van der Waals surface area contributed by atoms with E-state index in [1.165, 1.54) is 0 Å². The maximum atomic E-state index is 13.1. The molecule has 162 valence electrons. The van der Waals surface area contributed by atoms with Gasteiger partial charge in [-0.05, 0) is 60.7 Å². The van der Waals surface area contributed by atoms with Crippen molar-refractivity contribution in [3.05, 3.63) is 126 Å². The van der Waals surface area contributed by atoms with Crippen molar-refractivity contribution in [1.82, 2.24) is 0 Å². The van der Waals surface area contributed by atoms with Crippen molar-refractivity contribution in [3.63, 3.8) is 0 Å². The van der Waals surface area contributed by atoms with Gasteiger partial charge < -0.3 is 14.9 Å². The number of benzene rings is 4. The fraction of sp³-hybridized carbons (Fsp3) is 0.0690. The Balaban J connectivity index is 1.52. The van der Waals surface area contributed by atoms with Crippen LogP contribution in [0.5, 0.6) is 0 Å². The topological polar surface area (TPSA) is 43.8 Å². The lowest BCUT2D eigenvalue weighted by Crippen LogP contribution is -2.31. The molecule has 0 spiro atoms. The standard InChI is InChI=1S/C29H24N2O2/c1-30-20-26(29(33)25-14-8-9-15-27(25)30)28(32)21-16-18-24(19-17-21)31(22-10-4-2-5-11-22)23-12-6-3-7-13-23/h2-19,32H,20H2,1H3. The number of nitrogens with zero attached hydrogens (tertiary/aromatic N) is 2. The summed E-state index contributed by atoms with van der Waals surface area (Å²) in [5, 5.41) is 11.0. The minimum atomic E-state index is -0.125. The van der Waals surface area contributed by atoms with Crippen molar-refractivity contribution in [2.24, 2.45) is 0 Å². The van der Waals surface area contributed by atoms with Crippen LogP contribution < -0.4 is 9.80 Å². The predicted molar refractivity (Wildman–Crippen MR) is 135 cm³/mol. The highest BCUT2D eigenvalue weighted by Crippen LogP contribution is 2.36. The molecule has 0 unspecified atom stereocenters. The van der Waals surface area contributed by atoms with Crippen molar-refractivity contribution < 1.29 is 9.90 Å². The van der Waals surface area contributed by atoms with Crippen LogP contribution in [-0.2, 0) is 0 Å². The van der Waals surface area contributed by atoms with Gasteiger partial charge in [-0.2, -0.15) is 0 Å². The summed E-state index contributed by atoms with van der Waals surface area (Å²) in [5.41, 5.74) is 5.58. The molecule has 0 fully saturated rings. The van der Waals surface area contributed by atoms with E-state index in [1.54, 1.807) is 6.07 Å². The molecule has 0 radical (unpaired) electrons. The molecule has 5 rings (SSSR count). The lowest BCUT2D eigenvalue weighted by atomic mass is 9.93. The van der Waals surface area contributed by atoms with Gasteiger partial charge in [0.15, 0.2) is 5.78 Å². The van der Waals surface area contributed by atoms with Gasteiger partial charge in [-0.15, -0.1) is 0 Å². The SMILES string of the molecule is CN1CC(=C(O)c2ccc(N(c3ccccc3)c3ccccc3)cc2)C(=O)c2ccccc21. The number of para-hydroxylation sites is 3. The Morgan fingerprint density at radius 1 is 0.727 bits per heavy atom. The molecule has 0 amide bonds. The molecule has 4 aromatic carbocycles. The first kappa shape index (κ1) is 20.6. The summed E-state index contributed by atoms with van der Waals surface area (Å²) in [7, 11) is 1.93. The molecule has 4 nitrogen and oxygen atoms in total. The molecule has 1 N–H and O–H groups in total. The van der Waals surface area contributed by atoms with Gasteiger partial charge in [0.05, 0.1) is 12.1 Å². The van der Waals surface area contributed by atoms with E-state index in [0.29, 0.717) is 23.2 Å². The van der Waals surface area contributed by atoms with Crippen molar-refractivity contribution in [3.8, 4) is 0 Å². The van der Waals surface area contributed by atoms with Gasteiger partial charge in [0.25, 0.3) is 0 Å². The molecule has 0 saturated heterocycles. The third-order valence-corrected chi connectivity index (χ3v) is 5.94. The van der Waals surface area contributed by atoms with Crippen LogP contribution in [0.25, 0.3) is 5.76 Å². The van der Waals surface area contributed by atoms with Gasteiger partial charge in [0.1, 0.15) is 5.76 Å². The number of hydrogen-bond acceptors (Lipinski definition) is 4. The van der Waals surface area contributed by atoms with Crippen molar-refractivity contribution in [1.29, 1.82) is 0 Å². The van der Waals surface area contributed by atoms with E-state index >= 15 is 0 Å². The normalized spacial score (nSPS) is 14.6. The number of rotatable bonds is 4. The Bertz CT molecular complexity index is 1270. The van der Waals surface area contributed by atoms with Crippen LogP contribution in [0.15, 0.2) is 115 Å². The number of ketones is 1. The number of carbonyl (C=O) groups excluding carboxylic acids is 1. The van der Waals surface area contributed by atoms with E-state index in [9.17, 15) is 9.90 Å². The largest absolute Gasteiger partial charge is 0.507 e. The molecular weight excluding hydrogens is 408 g/mol. The van der Waals surface area contributed by atoms with Gasteiger partial charge in [-0.25, -0.2) is 0 Å². The second kappa shape index (κ2) is 8.67. The lowest BCUT2D eigenvalue weighted by Gasteiger charge is -2.29. The molecule has 4 aromatic rings. The van der Waals surface area contributed by atoms with E-state index in [2.05, 4.69) is 29.2 Å². The van der Waals surface area contributed by atoms with Gasteiger partial charge >= 0.3 is 0 Å². The molecule has 1 heterocycles. The van der Waals surface area contributed by atoms with Gasteiger partial charge in [0, 0.05) is 40.9 Å². The Morgan fingerprint density at radius 2 is 1.24 bits per heavy atom. The zero-order valence-electron chi connectivity index (χ0n) is 18.3. The van der Waals surface area contributed by atoms with Gasteiger partial charge in [0.2, 0.25) is 0 Å². The second-order valence-electron chi connectivity index (χ2n) is 8.08. The average molecular weight is 433 g/mol. The average Bonchev–Trinajstić information content (AvgIpc) is 2.88. The van der Waals surface area contributed by atoms with E-state index in [1.807, 2.05) is 90.8 Å². The number of fused-ring (bicyclic) bond motifs is 1. The fourth-order valence-corrected chi connectivity index (χ4v) is 4.28. The van der Waals surface area contributed by atoms with E-state index in [4.69, 9.17) is 0 Å². The van der Waals surface area contributed by atoms with Crippen LogP contribution in [0.4, 0.5) is 22.7 Å². The minimum absolute atomic E-state index is 0.0267. The highest BCUT2D eigenvalue weighted by Gasteiger charge is 2.28. The second-order valence-corrected chi connectivity index (χ2v) is 8.08. The number of aliphatic hydroxyl groups excluding tert-OH is 1. The van der Waals surface area contributed by atoms with Crippen LogP contribution >= 0.6 is 0 Å². The summed E-state index contributed by atoms with van der Waals surface area (Å²) in [5.74, 6) is -0.0978. The first-order valence-corrected chi connectivity index (χ1v) is 10.9. The van der Waals surface area contributed by atoms with E-state index in [-0.39, 0.29) is 11.5 Å². The van der Waals surface area contributed by atoms with E-state index < -0.39 is 0 Å². The summed E-state index contributed by atoms with van der Waals surface area (Å²) in [6.45, 7) is 0.365. The number of hydrogen-bond donors (Lipinski definition) is 1. The fourth-order valence-electron chi connectivity index (χ4n) is 4.28. The van der Waals surface area contributed by atoms with E-state index in [0.717, 1.165) is 22.7 Å². The molecule has 33 heavy (non-hydrogen) atoms. The summed E-state index contributed by atoms with van der Waals surface area (Å²) < 4.78 is 0. The summed E-state index contributed by atoms with van der Waals surface area (Å²) in [6, 6.07) is 35.5. The third kappa shape index (κ3) is 3.87. The molecular formula is C29H24N2O2. The zero-order valence-corrected chi connectivity index (χ0v) is 18.3. The molecule has 0 atom stereocenters. The molecule has 0 saturated carbocycles. The molecule has 1 aliphatic rings. The van der Waals surface area contributed by atoms with Crippen molar-refractivity contribution >= 4 is 34.3 Å². The van der Waals surface area contributed by atoms with Crippen LogP contribution in [-0.4, -0.2) is 24.5 Å². The monoisotopic (exact) mass is 432 g/mol. The van der Waals surface area contributed by atoms with Gasteiger partial charge in [-0.1, -0.05) is 48.5 Å². The number of likely N-dealkylation sites (N-methyl/N-ethyl adjacent to an activating group) is 1. The molecule has 4 heteroatoms. The molecule has 1 aliphatic heterocycles. The molecule has 0 bridgehead atoms. The highest BCUT2D eigenvalue weighted by molar-refractivity contribution is 6.17. The summed E-state index contributed by atoms with van der Waals surface area (Å²) >= 11 is 0. The maximum absolute atomic E-state index is 13.1. The van der Waals surface area contributed by atoms with Crippen molar-refractivity contribution in [2.75, 3.05) is 23.4 Å². The van der Waals surface area contributed by atoms with Crippen LogP contribution in [0, 0.1) is 0 Å². The third-order valence-electron chi connectivity index (χ3n) is 5.94. The first-order valence-electron chi connectivity index (χ1n) is 10.9. The lowest BCUT2D eigenvalue weighted by molar-refractivity contribution is 0.102. The van der Waals surface area contributed by atoms with Crippen molar-refractivity contribution in [2.45, 2.75) is 0 Å². The molecule has 0 aromatic heterocycles. The number of Topliss-reactive ketones (excluding diaryl/α,β-unsaturated/α-hetero) is 1. The Morgan fingerprint density at radius 3 is 1.85 bits per heavy atom. The zero-order chi connectivity index (χ0) is 22.8. The molecule has 0 aliphatic carbocycles. The Labute approximate surface area is 193 Å². The number of anilines is 4. The smallest absolute Gasteiger partial charge is 0.196 e. The first-order chi connectivity index (χ1) is 16.1. The Hall–Kier alpha value is -4.31. The Kier molecular flexibility index (Phi) is 5.41. The summed E-state index contributed by atoms with van der Waals surface area (Å²) in [6.07, 6.45) is 0. The predicted octanol–water partition coefficient (Wildman–Crippen LogP) is 6.76. The summed E-state index contributed by atoms with van der Waals surface area (Å²) in [4.78, 5) is 17.2. The number of aliphatic hydroxyl groups is 1. The van der Waals surface area contributed by atoms with Crippen LogP contribution in [0.3, 0.4) is 0 Å². The number of carbonyl (C=O) groups is 1. The van der Waals surface area contributed by atoms with Crippen LogP contribution in [0.2, 0.25) is 0 Å². The van der Waals surface area contributed by atoms with Gasteiger partial charge in [-0.3, -0.25) is 4.79 Å².